The number of pyridine rings is 1. The Hall–Kier alpha value is -2.39. The lowest BCUT2D eigenvalue weighted by atomic mass is 9.98. The molecular weight excluding hydrogens is 260 g/mol. The number of ether oxygens (including phenoxy) is 1. The monoisotopic (exact) mass is 278 g/mol. The minimum Gasteiger partial charge on any atom is -0.494 e. The molecule has 0 bridgehead atoms. The summed E-state index contributed by atoms with van der Waals surface area (Å²) in [5.74, 6) is 0.869. The topological polar surface area (TPSA) is 48.1 Å². The summed E-state index contributed by atoms with van der Waals surface area (Å²) >= 11 is 0. The lowest BCUT2D eigenvalue weighted by Gasteiger charge is -2.14. The largest absolute Gasteiger partial charge is 0.494 e. The van der Waals surface area contributed by atoms with Gasteiger partial charge in [-0.25, -0.2) is 0 Å². The van der Waals surface area contributed by atoms with Crippen molar-refractivity contribution in [2.24, 2.45) is 5.73 Å². The Morgan fingerprint density at radius 3 is 2.57 bits per heavy atom. The van der Waals surface area contributed by atoms with E-state index in [-0.39, 0.29) is 6.04 Å². The van der Waals surface area contributed by atoms with Gasteiger partial charge in [0.2, 0.25) is 0 Å². The quantitative estimate of drug-likeness (QED) is 0.792. The van der Waals surface area contributed by atoms with Gasteiger partial charge < -0.3 is 10.5 Å². The second kappa shape index (κ2) is 5.94. The summed E-state index contributed by atoms with van der Waals surface area (Å²) in [6.45, 7) is 2.64. The first-order valence-corrected chi connectivity index (χ1v) is 7.11. The fourth-order valence-electron chi connectivity index (χ4n) is 2.41. The summed E-state index contributed by atoms with van der Waals surface area (Å²) in [7, 11) is 0. The summed E-state index contributed by atoms with van der Waals surface area (Å²) in [6.07, 6.45) is 1.80. The Labute approximate surface area is 124 Å². The van der Waals surface area contributed by atoms with Crippen molar-refractivity contribution in [1.82, 2.24) is 4.98 Å². The first kappa shape index (κ1) is 13.6. The fraction of sp³-hybridized carbons (Fsp3) is 0.167. The molecule has 21 heavy (non-hydrogen) atoms. The smallest absolute Gasteiger partial charge is 0.119 e. The van der Waals surface area contributed by atoms with E-state index in [0.29, 0.717) is 6.61 Å². The van der Waals surface area contributed by atoms with E-state index in [0.717, 1.165) is 27.8 Å². The molecular formula is C18H18N2O. The Balaban J connectivity index is 1.90. The third-order valence-electron chi connectivity index (χ3n) is 3.54. The summed E-state index contributed by atoms with van der Waals surface area (Å²) in [5, 5.41) is 1.13. The predicted molar refractivity (Wildman–Crippen MR) is 85.4 cm³/mol. The molecule has 0 aliphatic heterocycles. The average Bonchev–Trinajstić information content (AvgIpc) is 2.55. The Bertz CT molecular complexity index is 738. The maximum Gasteiger partial charge on any atom is 0.119 e. The molecule has 2 aromatic carbocycles. The number of benzene rings is 2. The first-order chi connectivity index (χ1) is 10.3. The molecule has 1 unspecified atom stereocenters. The van der Waals surface area contributed by atoms with Crippen molar-refractivity contribution in [3.8, 4) is 5.75 Å². The minimum atomic E-state index is -0.160. The van der Waals surface area contributed by atoms with E-state index in [1.54, 1.807) is 6.20 Å². The van der Waals surface area contributed by atoms with Crippen molar-refractivity contribution in [3.63, 3.8) is 0 Å². The standard InChI is InChI=1S/C18H18N2O/c1-2-21-16-9-7-14(8-10-16)18(19)15-6-5-13-4-3-11-20-17(13)12-15/h3-12,18H,2,19H2,1H3. The van der Waals surface area contributed by atoms with Gasteiger partial charge in [0.05, 0.1) is 18.2 Å². The number of nitrogens with two attached hydrogens (primary N) is 1. The van der Waals surface area contributed by atoms with E-state index < -0.39 is 0 Å². The number of aromatic nitrogens is 1. The molecule has 3 aromatic rings. The van der Waals surface area contributed by atoms with Crippen molar-refractivity contribution in [1.29, 1.82) is 0 Å². The van der Waals surface area contributed by atoms with Crippen molar-refractivity contribution < 1.29 is 4.74 Å². The van der Waals surface area contributed by atoms with Crippen LogP contribution in [0.2, 0.25) is 0 Å². The van der Waals surface area contributed by atoms with Gasteiger partial charge in [0.1, 0.15) is 5.75 Å². The Kier molecular flexibility index (Phi) is 3.84. The molecule has 1 heterocycles. The highest BCUT2D eigenvalue weighted by Gasteiger charge is 2.10. The van der Waals surface area contributed by atoms with Gasteiger partial charge in [-0.1, -0.05) is 30.3 Å². The maximum absolute atomic E-state index is 6.36. The second-order valence-electron chi connectivity index (χ2n) is 4.94. The highest BCUT2D eigenvalue weighted by molar-refractivity contribution is 5.79. The summed E-state index contributed by atoms with van der Waals surface area (Å²) in [5.41, 5.74) is 9.46. The van der Waals surface area contributed by atoms with Gasteiger partial charge in [0.15, 0.2) is 0 Å². The van der Waals surface area contributed by atoms with Crippen molar-refractivity contribution in [3.05, 3.63) is 71.9 Å². The number of rotatable bonds is 4. The maximum atomic E-state index is 6.36. The van der Waals surface area contributed by atoms with Gasteiger partial charge in [-0.15, -0.1) is 0 Å². The van der Waals surface area contributed by atoms with Crippen LogP contribution in [0.3, 0.4) is 0 Å². The van der Waals surface area contributed by atoms with Gasteiger partial charge in [-0.05, 0) is 42.3 Å². The first-order valence-electron chi connectivity index (χ1n) is 7.11. The molecule has 0 aliphatic rings. The highest BCUT2D eigenvalue weighted by Crippen LogP contribution is 2.24. The molecule has 0 radical (unpaired) electrons. The summed E-state index contributed by atoms with van der Waals surface area (Å²) in [4.78, 5) is 4.38. The molecule has 0 amide bonds. The lowest BCUT2D eigenvalue weighted by molar-refractivity contribution is 0.340. The van der Waals surface area contributed by atoms with Gasteiger partial charge in [0, 0.05) is 11.6 Å². The summed E-state index contributed by atoms with van der Waals surface area (Å²) in [6, 6.07) is 17.9. The van der Waals surface area contributed by atoms with Crippen LogP contribution in [0.15, 0.2) is 60.8 Å². The molecule has 1 aromatic heterocycles. The molecule has 106 valence electrons. The molecule has 0 fully saturated rings. The molecule has 0 saturated heterocycles. The van der Waals surface area contributed by atoms with Crippen LogP contribution in [0, 0.1) is 0 Å². The highest BCUT2D eigenvalue weighted by atomic mass is 16.5. The predicted octanol–water partition coefficient (Wildman–Crippen LogP) is 3.68. The van der Waals surface area contributed by atoms with Crippen LogP contribution in [-0.4, -0.2) is 11.6 Å². The van der Waals surface area contributed by atoms with E-state index in [2.05, 4.69) is 29.2 Å². The average molecular weight is 278 g/mol. The molecule has 3 rings (SSSR count). The van der Waals surface area contributed by atoms with E-state index in [4.69, 9.17) is 10.5 Å². The molecule has 0 aliphatic carbocycles. The number of hydrogen-bond donors (Lipinski definition) is 1. The van der Waals surface area contributed by atoms with Crippen molar-refractivity contribution >= 4 is 10.9 Å². The molecule has 0 spiro atoms. The van der Waals surface area contributed by atoms with Gasteiger partial charge in [-0.2, -0.15) is 0 Å². The van der Waals surface area contributed by atoms with Crippen LogP contribution in [-0.2, 0) is 0 Å². The zero-order valence-corrected chi connectivity index (χ0v) is 12.0. The Morgan fingerprint density at radius 2 is 1.81 bits per heavy atom. The van der Waals surface area contributed by atoms with Crippen LogP contribution in [0.25, 0.3) is 10.9 Å². The van der Waals surface area contributed by atoms with Crippen LogP contribution >= 0.6 is 0 Å². The Morgan fingerprint density at radius 1 is 1.05 bits per heavy atom. The zero-order chi connectivity index (χ0) is 14.7. The van der Waals surface area contributed by atoms with E-state index in [1.807, 2.05) is 37.3 Å². The van der Waals surface area contributed by atoms with Crippen molar-refractivity contribution in [2.75, 3.05) is 6.61 Å². The number of fused-ring (bicyclic) bond motifs is 1. The van der Waals surface area contributed by atoms with Gasteiger partial charge in [0.25, 0.3) is 0 Å². The SMILES string of the molecule is CCOc1ccc(C(N)c2ccc3cccnc3c2)cc1. The molecule has 3 heteroatoms. The summed E-state index contributed by atoms with van der Waals surface area (Å²) < 4.78 is 5.45. The zero-order valence-electron chi connectivity index (χ0n) is 12.0. The lowest BCUT2D eigenvalue weighted by Crippen LogP contribution is -2.11. The molecule has 0 saturated carbocycles. The number of nitrogens with zero attached hydrogens (tertiary/aromatic N) is 1. The fourth-order valence-corrected chi connectivity index (χ4v) is 2.41. The van der Waals surface area contributed by atoms with Crippen LogP contribution < -0.4 is 10.5 Å². The number of hydrogen-bond acceptors (Lipinski definition) is 3. The van der Waals surface area contributed by atoms with E-state index >= 15 is 0 Å². The molecule has 1 atom stereocenters. The molecule has 2 N–H and O–H groups in total. The molecule has 3 nitrogen and oxygen atoms in total. The van der Waals surface area contributed by atoms with Crippen LogP contribution in [0.5, 0.6) is 5.75 Å². The van der Waals surface area contributed by atoms with Crippen LogP contribution in [0.1, 0.15) is 24.1 Å². The van der Waals surface area contributed by atoms with Gasteiger partial charge in [-0.3, -0.25) is 4.98 Å². The van der Waals surface area contributed by atoms with E-state index in [9.17, 15) is 0 Å². The third-order valence-corrected chi connectivity index (χ3v) is 3.54. The normalized spacial score (nSPS) is 12.3. The van der Waals surface area contributed by atoms with Crippen LogP contribution in [0.4, 0.5) is 0 Å². The van der Waals surface area contributed by atoms with E-state index in [1.165, 1.54) is 0 Å². The van der Waals surface area contributed by atoms with Crippen molar-refractivity contribution in [2.45, 2.75) is 13.0 Å². The van der Waals surface area contributed by atoms with Gasteiger partial charge >= 0.3 is 0 Å². The third kappa shape index (κ3) is 2.88. The minimum absolute atomic E-state index is 0.160. The second-order valence-corrected chi connectivity index (χ2v) is 4.94.